The first-order valence-corrected chi connectivity index (χ1v) is 9.27. The molecule has 7 heteroatoms. The molecule has 0 N–H and O–H groups in total. The number of carbonyl (C=O) groups is 1. The predicted molar refractivity (Wildman–Crippen MR) is 106 cm³/mol. The highest BCUT2D eigenvalue weighted by Crippen LogP contribution is 2.27. The molecule has 1 aliphatic heterocycles. The summed E-state index contributed by atoms with van der Waals surface area (Å²) in [5, 5.41) is 5.37. The molecule has 1 atom stereocenters. The number of benzene rings is 2. The number of amides is 1. The van der Waals surface area contributed by atoms with Gasteiger partial charge in [0.05, 0.1) is 10.6 Å². The van der Waals surface area contributed by atoms with Gasteiger partial charge in [0.2, 0.25) is 18.0 Å². The zero-order valence-corrected chi connectivity index (χ0v) is 17.0. The Morgan fingerprint density at radius 2 is 1.93 bits per heavy atom. The molecule has 0 aromatic heterocycles. The zero-order valence-electron chi connectivity index (χ0n) is 16.2. The van der Waals surface area contributed by atoms with E-state index in [1.807, 2.05) is 24.3 Å². The molecule has 0 fully saturated rings. The number of nitrogens with zero attached hydrogens (tertiary/aromatic N) is 2. The van der Waals surface area contributed by atoms with Crippen LogP contribution in [0.1, 0.15) is 38.8 Å². The van der Waals surface area contributed by atoms with Gasteiger partial charge in [-0.15, -0.1) is 5.10 Å². The number of hydrogen-bond acceptors (Lipinski definition) is 4. The molecule has 0 radical (unpaired) electrons. The van der Waals surface area contributed by atoms with E-state index in [9.17, 15) is 9.18 Å². The summed E-state index contributed by atoms with van der Waals surface area (Å²) in [4.78, 5) is 11.9. The Bertz CT molecular complexity index is 887. The minimum Gasteiger partial charge on any atom is -0.488 e. The van der Waals surface area contributed by atoms with E-state index < -0.39 is 12.0 Å². The van der Waals surface area contributed by atoms with Gasteiger partial charge in [-0.25, -0.2) is 4.39 Å². The molecule has 0 unspecified atom stereocenters. The van der Waals surface area contributed by atoms with Crippen LogP contribution in [0.25, 0.3) is 0 Å². The smallest absolute Gasteiger partial charge is 0.245 e. The lowest BCUT2D eigenvalue weighted by atomic mass is 9.87. The highest BCUT2D eigenvalue weighted by molar-refractivity contribution is 6.33. The van der Waals surface area contributed by atoms with Gasteiger partial charge in [-0.1, -0.05) is 50.6 Å². The quantitative estimate of drug-likeness (QED) is 0.740. The molecule has 148 valence electrons. The number of halogens is 2. The lowest BCUT2D eigenvalue weighted by molar-refractivity contribution is -0.136. The highest BCUT2D eigenvalue weighted by Gasteiger charge is 2.34. The summed E-state index contributed by atoms with van der Waals surface area (Å²) in [6.45, 7) is 7.78. The second-order valence-corrected chi connectivity index (χ2v) is 7.93. The number of rotatable bonds is 4. The fourth-order valence-corrected chi connectivity index (χ4v) is 3.02. The third-order valence-electron chi connectivity index (χ3n) is 4.33. The van der Waals surface area contributed by atoms with Crippen molar-refractivity contribution in [2.24, 2.45) is 5.10 Å². The number of hydrazone groups is 1. The molecule has 2 aromatic carbocycles. The van der Waals surface area contributed by atoms with Crippen LogP contribution in [-0.2, 0) is 14.9 Å². The molecule has 0 saturated heterocycles. The Labute approximate surface area is 168 Å². The predicted octanol–water partition coefficient (Wildman–Crippen LogP) is 4.72. The van der Waals surface area contributed by atoms with Crippen molar-refractivity contribution in [2.45, 2.75) is 39.3 Å². The van der Waals surface area contributed by atoms with Crippen LogP contribution in [0.5, 0.6) is 5.75 Å². The maximum atomic E-state index is 14.2. The fourth-order valence-electron chi connectivity index (χ4n) is 2.77. The van der Waals surface area contributed by atoms with Crippen LogP contribution < -0.4 is 4.74 Å². The fraction of sp³-hybridized carbons (Fsp3) is 0.333. The topological polar surface area (TPSA) is 51.1 Å². The minimum absolute atomic E-state index is 0.0208. The lowest BCUT2D eigenvalue weighted by Crippen LogP contribution is -2.36. The van der Waals surface area contributed by atoms with Crippen LogP contribution in [0, 0.1) is 5.82 Å². The second-order valence-electron chi connectivity index (χ2n) is 7.52. The first kappa shape index (κ1) is 20.1. The largest absolute Gasteiger partial charge is 0.488 e. The van der Waals surface area contributed by atoms with Crippen molar-refractivity contribution in [3.63, 3.8) is 0 Å². The Morgan fingerprint density at radius 1 is 1.25 bits per heavy atom. The van der Waals surface area contributed by atoms with Crippen molar-refractivity contribution in [3.05, 3.63) is 64.4 Å². The molecule has 1 aliphatic rings. The Morgan fingerprint density at radius 3 is 2.50 bits per heavy atom. The lowest BCUT2D eigenvalue weighted by Gasteiger charge is -2.21. The number of ether oxygens (including phenoxy) is 2. The molecule has 28 heavy (non-hydrogen) atoms. The summed E-state index contributed by atoms with van der Waals surface area (Å²) < 4.78 is 25.6. The van der Waals surface area contributed by atoms with Gasteiger partial charge in [-0.2, -0.15) is 5.01 Å². The molecule has 2 aromatic rings. The molecular weight excluding hydrogens is 383 g/mol. The van der Waals surface area contributed by atoms with E-state index >= 15 is 0 Å². The third kappa shape index (κ3) is 4.28. The first-order valence-electron chi connectivity index (χ1n) is 8.89. The summed E-state index contributed by atoms with van der Waals surface area (Å²) in [7, 11) is 0. The molecule has 0 aliphatic carbocycles. The summed E-state index contributed by atoms with van der Waals surface area (Å²) in [6.07, 6.45) is -0.814. The normalized spacial score (nSPS) is 16.6. The molecular formula is C21H22ClFN2O3. The number of hydrogen-bond donors (Lipinski definition) is 0. The van der Waals surface area contributed by atoms with Gasteiger partial charge in [-0.3, -0.25) is 4.79 Å². The monoisotopic (exact) mass is 404 g/mol. The second kappa shape index (κ2) is 7.80. The van der Waals surface area contributed by atoms with Gasteiger partial charge in [0, 0.05) is 6.92 Å². The van der Waals surface area contributed by atoms with E-state index in [4.69, 9.17) is 21.1 Å². The van der Waals surface area contributed by atoms with Crippen molar-refractivity contribution >= 4 is 23.4 Å². The maximum Gasteiger partial charge on any atom is 0.245 e. The molecule has 0 spiro atoms. The number of carbonyl (C=O) groups excluding carboxylic acids is 1. The zero-order chi connectivity index (χ0) is 20.5. The van der Waals surface area contributed by atoms with Crippen molar-refractivity contribution in [2.75, 3.05) is 6.61 Å². The summed E-state index contributed by atoms with van der Waals surface area (Å²) >= 11 is 6.07. The maximum absolute atomic E-state index is 14.2. The van der Waals surface area contributed by atoms with Crippen molar-refractivity contribution < 1.29 is 18.7 Å². The van der Waals surface area contributed by atoms with Crippen LogP contribution in [0.15, 0.2) is 47.6 Å². The van der Waals surface area contributed by atoms with E-state index in [-0.39, 0.29) is 34.4 Å². The van der Waals surface area contributed by atoms with Gasteiger partial charge in [0.1, 0.15) is 18.2 Å². The van der Waals surface area contributed by atoms with Crippen LogP contribution in [0.4, 0.5) is 4.39 Å². The van der Waals surface area contributed by atoms with Gasteiger partial charge < -0.3 is 9.47 Å². The van der Waals surface area contributed by atoms with E-state index in [0.29, 0.717) is 5.75 Å². The molecule has 1 heterocycles. The van der Waals surface area contributed by atoms with E-state index in [1.54, 1.807) is 0 Å². The average Bonchev–Trinajstić information content (AvgIpc) is 3.03. The molecule has 3 rings (SSSR count). The summed E-state index contributed by atoms with van der Waals surface area (Å²) in [6, 6.07) is 12.0. The van der Waals surface area contributed by atoms with Gasteiger partial charge >= 0.3 is 0 Å². The minimum atomic E-state index is -0.814. The van der Waals surface area contributed by atoms with Gasteiger partial charge in [0.25, 0.3) is 0 Å². The highest BCUT2D eigenvalue weighted by atomic mass is 35.5. The van der Waals surface area contributed by atoms with E-state index in [1.165, 1.54) is 30.7 Å². The van der Waals surface area contributed by atoms with Crippen LogP contribution in [0.3, 0.4) is 0 Å². The van der Waals surface area contributed by atoms with Crippen LogP contribution >= 0.6 is 11.6 Å². The van der Waals surface area contributed by atoms with Crippen molar-refractivity contribution in [3.8, 4) is 5.75 Å². The van der Waals surface area contributed by atoms with Crippen molar-refractivity contribution in [1.82, 2.24) is 5.01 Å². The Balaban J connectivity index is 1.73. The third-order valence-corrected chi connectivity index (χ3v) is 4.65. The first-order chi connectivity index (χ1) is 13.2. The van der Waals surface area contributed by atoms with Gasteiger partial charge in [-0.05, 0) is 35.2 Å². The molecule has 0 saturated carbocycles. The van der Waals surface area contributed by atoms with Crippen LogP contribution in [-0.4, -0.2) is 29.6 Å². The Kier molecular flexibility index (Phi) is 5.61. The van der Waals surface area contributed by atoms with Crippen LogP contribution in [0.2, 0.25) is 5.02 Å². The van der Waals surface area contributed by atoms with E-state index in [0.717, 1.165) is 5.01 Å². The molecule has 1 amide bonds. The van der Waals surface area contributed by atoms with Gasteiger partial charge in [0.15, 0.2) is 0 Å². The molecule has 5 nitrogen and oxygen atoms in total. The van der Waals surface area contributed by atoms with E-state index in [2.05, 4.69) is 25.9 Å². The Hall–Kier alpha value is -2.60. The SMILES string of the molecule is CC(=O)N1N=C(c2c(F)cccc2Cl)O[C@@H]1COc1ccc(C(C)(C)C)cc1. The van der Waals surface area contributed by atoms with Crippen molar-refractivity contribution in [1.29, 1.82) is 0 Å². The summed E-state index contributed by atoms with van der Waals surface area (Å²) in [5.41, 5.74) is 1.25. The average molecular weight is 405 g/mol. The summed E-state index contributed by atoms with van der Waals surface area (Å²) in [5.74, 6) is -0.333. The standard InChI is InChI=1S/C21H22ClFN2O3/c1-13(26)25-18(12-27-15-10-8-14(9-11-15)21(2,3)4)28-20(24-25)19-16(22)6-5-7-17(19)23/h5-11,18H,12H2,1-4H3/t18-/m1/s1. The molecule has 0 bridgehead atoms.